The second-order valence-corrected chi connectivity index (χ2v) is 3.93. The van der Waals surface area contributed by atoms with Crippen LogP contribution in [-0.2, 0) is 20.2 Å². The summed E-state index contributed by atoms with van der Waals surface area (Å²) < 4.78 is 20.8. The maximum absolute atomic E-state index is 13.5. The lowest BCUT2D eigenvalue weighted by Crippen LogP contribution is -2.08. The minimum absolute atomic E-state index is 0.0971. The van der Waals surface area contributed by atoms with Crippen LogP contribution in [0.2, 0.25) is 0 Å². The third kappa shape index (κ3) is 2.33. The predicted molar refractivity (Wildman–Crippen MR) is 64.4 cm³/mol. The fourth-order valence-electron chi connectivity index (χ4n) is 1.59. The molecule has 2 aromatic rings. The molecule has 0 aliphatic carbocycles. The summed E-state index contributed by atoms with van der Waals surface area (Å²) in [5.74, 6) is 1.56. The zero-order valence-corrected chi connectivity index (χ0v) is 10.4. The molecular formula is C12H15FN4O. The molecule has 0 amide bonds. The molecule has 1 aromatic carbocycles. The molecule has 5 nitrogen and oxygen atoms in total. The van der Waals surface area contributed by atoms with Gasteiger partial charge in [0.15, 0.2) is 5.82 Å². The maximum Gasteiger partial charge on any atom is 0.170 e. The Morgan fingerprint density at radius 3 is 2.78 bits per heavy atom. The average Bonchev–Trinajstić information content (AvgIpc) is 2.68. The van der Waals surface area contributed by atoms with Gasteiger partial charge >= 0.3 is 0 Å². The number of aromatic nitrogens is 3. The smallest absolute Gasteiger partial charge is 0.170 e. The summed E-state index contributed by atoms with van der Waals surface area (Å²) in [5.41, 5.74) is 5.87. The quantitative estimate of drug-likeness (QED) is 0.888. The first-order chi connectivity index (χ1) is 8.63. The summed E-state index contributed by atoms with van der Waals surface area (Å²) >= 11 is 0. The van der Waals surface area contributed by atoms with Gasteiger partial charge in [0.25, 0.3) is 0 Å². The predicted octanol–water partition coefficient (Wildman–Crippen LogP) is 1.30. The summed E-state index contributed by atoms with van der Waals surface area (Å²) in [4.78, 5) is 0. The number of rotatable bonds is 4. The number of nitrogens with zero attached hydrogens (tertiary/aromatic N) is 3. The monoisotopic (exact) mass is 250 g/mol. The first-order valence-corrected chi connectivity index (χ1v) is 5.58. The highest BCUT2D eigenvalue weighted by Gasteiger charge is 2.10. The molecule has 0 atom stereocenters. The lowest BCUT2D eigenvalue weighted by atomic mass is 10.2. The van der Waals surface area contributed by atoms with Crippen molar-refractivity contribution in [3.8, 4) is 5.75 Å². The van der Waals surface area contributed by atoms with E-state index in [9.17, 15) is 4.39 Å². The first-order valence-electron chi connectivity index (χ1n) is 5.58. The van der Waals surface area contributed by atoms with Gasteiger partial charge in [0.1, 0.15) is 24.0 Å². The SMILES string of the molecule is Cc1nnc(COc2cccc(F)c2CN)n1C. The Balaban J connectivity index is 2.16. The van der Waals surface area contributed by atoms with E-state index in [2.05, 4.69) is 10.2 Å². The van der Waals surface area contributed by atoms with E-state index in [-0.39, 0.29) is 19.0 Å². The van der Waals surface area contributed by atoms with E-state index in [4.69, 9.17) is 10.5 Å². The molecule has 6 heteroatoms. The van der Waals surface area contributed by atoms with Crippen molar-refractivity contribution in [1.82, 2.24) is 14.8 Å². The molecule has 0 aliphatic heterocycles. The van der Waals surface area contributed by atoms with Crippen LogP contribution in [0.1, 0.15) is 17.2 Å². The van der Waals surface area contributed by atoms with Crippen molar-refractivity contribution in [2.75, 3.05) is 0 Å². The Morgan fingerprint density at radius 2 is 2.17 bits per heavy atom. The number of nitrogens with two attached hydrogens (primary N) is 1. The second kappa shape index (κ2) is 5.14. The van der Waals surface area contributed by atoms with Crippen molar-refractivity contribution < 1.29 is 9.13 Å². The Morgan fingerprint density at radius 1 is 1.39 bits per heavy atom. The molecule has 18 heavy (non-hydrogen) atoms. The van der Waals surface area contributed by atoms with Crippen molar-refractivity contribution in [2.24, 2.45) is 12.8 Å². The average molecular weight is 250 g/mol. The zero-order chi connectivity index (χ0) is 13.1. The zero-order valence-electron chi connectivity index (χ0n) is 10.4. The number of ether oxygens (including phenoxy) is 1. The lowest BCUT2D eigenvalue weighted by molar-refractivity contribution is 0.286. The molecule has 0 aliphatic rings. The van der Waals surface area contributed by atoms with Crippen LogP contribution in [0.4, 0.5) is 4.39 Å². The fourth-order valence-corrected chi connectivity index (χ4v) is 1.59. The van der Waals surface area contributed by atoms with Gasteiger partial charge in [-0.3, -0.25) is 0 Å². The van der Waals surface area contributed by atoms with E-state index in [1.54, 1.807) is 12.1 Å². The summed E-state index contributed by atoms with van der Waals surface area (Å²) in [7, 11) is 1.85. The van der Waals surface area contributed by atoms with E-state index in [0.717, 1.165) is 5.82 Å². The highest BCUT2D eigenvalue weighted by molar-refractivity contribution is 5.34. The third-order valence-electron chi connectivity index (χ3n) is 2.82. The van der Waals surface area contributed by atoms with Gasteiger partial charge in [-0.25, -0.2) is 4.39 Å². The molecular weight excluding hydrogens is 235 g/mol. The molecule has 2 rings (SSSR count). The first kappa shape index (κ1) is 12.5. The summed E-state index contributed by atoms with van der Waals surface area (Å²) in [6.45, 7) is 2.18. The van der Waals surface area contributed by atoms with E-state index in [0.29, 0.717) is 17.1 Å². The number of hydrogen-bond donors (Lipinski definition) is 1. The number of hydrogen-bond acceptors (Lipinski definition) is 4. The Bertz CT molecular complexity index is 553. The van der Waals surface area contributed by atoms with Gasteiger partial charge in [0.05, 0.1) is 0 Å². The molecule has 1 aromatic heterocycles. The van der Waals surface area contributed by atoms with Crippen molar-refractivity contribution >= 4 is 0 Å². The van der Waals surface area contributed by atoms with Crippen molar-refractivity contribution in [2.45, 2.75) is 20.1 Å². The van der Waals surface area contributed by atoms with Crippen LogP contribution >= 0.6 is 0 Å². The maximum atomic E-state index is 13.5. The van der Waals surface area contributed by atoms with Gasteiger partial charge in [-0.15, -0.1) is 10.2 Å². The Kier molecular flexibility index (Phi) is 3.57. The molecule has 2 N–H and O–H groups in total. The summed E-state index contributed by atoms with van der Waals surface area (Å²) in [6.07, 6.45) is 0. The molecule has 0 unspecified atom stereocenters. The molecule has 1 heterocycles. The van der Waals surface area contributed by atoms with Crippen LogP contribution in [0.25, 0.3) is 0 Å². The molecule has 0 fully saturated rings. The Hall–Kier alpha value is -1.95. The summed E-state index contributed by atoms with van der Waals surface area (Å²) in [6, 6.07) is 4.64. The van der Waals surface area contributed by atoms with Gasteiger partial charge in [-0.05, 0) is 19.1 Å². The van der Waals surface area contributed by atoms with Crippen LogP contribution in [0.15, 0.2) is 18.2 Å². The van der Waals surface area contributed by atoms with E-state index in [1.807, 2.05) is 18.5 Å². The van der Waals surface area contributed by atoms with E-state index in [1.165, 1.54) is 6.07 Å². The largest absolute Gasteiger partial charge is 0.485 e. The molecule has 0 saturated carbocycles. The molecule has 0 spiro atoms. The molecule has 0 bridgehead atoms. The van der Waals surface area contributed by atoms with Gasteiger partial charge in [0.2, 0.25) is 0 Å². The van der Waals surface area contributed by atoms with Crippen molar-refractivity contribution in [1.29, 1.82) is 0 Å². The molecule has 0 saturated heterocycles. The van der Waals surface area contributed by atoms with Crippen LogP contribution in [-0.4, -0.2) is 14.8 Å². The van der Waals surface area contributed by atoms with Crippen molar-refractivity contribution in [3.63, 3.8) is 0 Å². The minimum atomic E-state index is -0.357. The standard InChI is InChI=1S/C12H15FN4O/c1-8-15-16-12(17(8)2)7-18-11-5-3-4-10(13)9(11)6-14/h3-5H,6-7,14H2,1-2H3. The highest BCUT2D eigenvalue weighted by atomic mass is 19.1. The lowest BCUT2D eigenvalue weighted by Gasteiger charge is -2.10. The number of benzene rings is 1. The number of aryl methyl sites for hydroxylation is 1. The van der Waals surface area contributed by atoms with Crippen LogP contribution in [0.3, 0.4) is 0 Å². The highest BCUT2D eigenvalue weighted by Crippen LogP contribution is 2.21. The van der Waals surface area contributed by atoms with Crippen LogP contribution in [0, 0.1) is 12.7 Å². The molecule has 0 radical (unpaired) electrons. The Labute approximate surface area is 104 Å². The van der Waals surface area contributed by atoms with Crippen molar-refractivity contribution in [3.05, 3.63) is 41.2 Å². The minimum Gasteiger partial charge on any atom is -0.485 e. The molecule has 96 valence electrons. The van der Waals surface area contributed by atoms with Crippen LogP contribution in [0.5, 0.6) is 5.75 Å². The van der Waals surface area contributed by atoms with Gasteiger partial charge < -0.3 is 15.0 Å². The number of halogens is 1. The van der Waals surface area contributed by atoms with Gasteiger partial charge in [0, 0.05) is 19.2 Å². The topological polar surface area (TPSA) is 66.0 Å². The summed E-state index contributed by atoms with van der Waals surface area (Å²) in [5, 5.41) is 7.89. The second-order valence-electron chi connectivity index (χ2n) is 3.93. The van der Waals surface area contributed by atoms with Gasteiger partial charge in [-0.1, -0.05) is 6.07 Å². The van der Waals surface area contributed by atoms with Gasteiger partial charge in [-0.2, -0.15) is 0 Å². The van der Waals surface area contributed by atoms with E-state index < -0.39 is 0 Å². The third-order valence-corrected chi connectivity index (χ3v) is 2.82. The van der Waals surface area contributed by atoms with Crippen LogP contribution < -0.4 is 10.5 Å². The van der Waals surface area contributed by atoms with E-state index >= 15 is 0 Å². The fraction of sp³-hybridized carbons (Fsp3) is 0.333. The normalized spacial score (nSPS) is 10.7.